The van der Waals surface area contributed by atoms with E-state index in [1.54, 1.807) is 13.1 Å². The van der Waals surface area contributed by atoms with E-state index in [9.17, 15) is 5.26 Å². The van der Waals surface area contributed by atoms with Gasteiger partial charge in [-0.05, 0) is 31.0 Å². The molecule has 0 saturated carbocycles. The highest BCUT2D eigenvalue weighted by Crippen LogP contribution is 2.37. The van der Waals surface area contributed by atoms with Crippen molar-refractivity contribution >= 4 is 22.2 Å². The molecule has 8 heteroatoms. The first kappa shape index (κ1) is 14.7. The minimum atomic E-state index is 0.463. The lowest BCUT2D eigenvalue weighted by atomic mass is 10.0. The van der Waals surface area contributed by atoms with Crippen LogP contribution in [0.3, 0.4) is 0 Å². The molecular formula is C16H14N6OS. The highest BCUT2D eigenvalue weighted by Gasteiger charge is 2.26. The number of aromatic nitrogens is 3. The standard InChI is InChI=1S/C16H14N6OS/c1-9-20-16(23-21-9)11-3-2-5-19-15(11)22-6-4-10-12(7-17)14(18)24-13(10)8-22/h2-3,5H,4,6,8,18H2,1H3. The Morgan fingerprint density at radius 2 is 2.33 bits per heavy atom. The summed E-state index contributed by atoms with van der Waals surface area (Å²) in [7, 11) is 0. The maximum absolute atomic E-state index is 9.26. The molecule has 0 bridgehead atoms. The van der Waals surface area contributed by atoms with E-state index in [1.807, 2.05) is 12.1 Å². The number of nitrogens with two attached hydrogens (primary N) is 1. The minimum Gasteiger partial charge on any atom is -0.389 e. The molecule has 3 aromatic heterocycles. The number of rotatable bonds is 2. The number of aryl methyl sites for hydroxylation is 1. The number of nitriles is 1. The molecule has 2 N–H and O–H groups in total. The molecule has 4 heterocycles. The van der Waals surface area contributed by atoms with Crippen LogP contribution in [0, 0.1) is 18.3 Å². The Labute approximate surface area is 142 Å². The summed E-state index contributed by atoms with van der Waals surface area (Å²) < 4.78 is 5.30. The number of hydrogen-bond donors (Lipinski definition) is 1. The molecule has 0 unspecified atom stereocenters. The quantitative estimate of drug-likeness (QED) is 0.765. The number of nitrogens with zero attached hydrogens (tertiary/aromatic N) is 5. The van der Waals surface area contributed by atoms with E-state index in [4.69, 9.17) is 10.3 Å². The van der Waals surface area contributed by atoms with Crippen molar-refractivity contribution in [3.63, 3.8) is 0 Å². The summed E-state index contributed by atoms with van der Waals surface area (Å²) in [5.74, 6) is 1.85. The second-order valence-corrected chi connectivity index (χ2v) is 6.68. The van der Waals surface area contributed by atoms with Gasteiger partial charge in [-0.2, -0.15) is 10.2 Å². The number of pyridine rings is 1. The second kappa shape index (κ2) is 5.62. The molecule has 7 nitrogen and oxygen atoms in total. The SMILES string of the molecule is Cc1noc(-c2cccnc2N2CCc3c(sc(N)c3C#N)C2)n1. The van der Waals surface area contributed by atoms with Gasteiger partial charge in [0.2, 0.25) is 0 Å². The Kier molecular flexibility index (Phi) is 3.43. The van der Waals surface area contributed by atoms with Crippen molar-refractivity contribution < 1.29 is 4.52 Å². The highest BCUT2D eigenvalue weighted by molar-refractivity contribution is 7.16. The van der Waals surface area contributed by atoms with E-state index >= 15 is 0 Å². The lowest BCUT2D eigenvalue weighted by Crippen LogP contribution is -2.30. The van der Waals surface area contributed by atoms with Gasteiger partial charge in [0.1, 0.15) is 16.9 Å². The van der Waals surface area contributed by atoms with Crippen molar-refractivity contribution in [1.29, 1.82) is 5.26 Å². The lowest BCUT2D eigenvalue weighted by molar-refractivity contribution is 0.425. The van der Waals surface area contributed by atoms with E-state index in [0.29, 0.717) is 28.8 Å². The third-order valence-corrected chi connectivity index (χ3v) is 5.09. The van der Waals surface area contributed by atoms with E-state index in [1.165, 1.54) is 11.3 Å². The summed E-state index contributed by atoms with van der Waals surface area (Å²) in [5, 5.41) is 13.7. The van der Waals surface area contributed by atoms with Gasteiger partial charge in [-0.15, -0.1) is 11.3 Å². The van der Waals surface area contributed by atoms with Crippen molar-refractivity contribution in [2.24, 2.45) is 0 Å². The van der Waals surface area contributed by atoms with Crippen LogP contribution in [0.4, 0.5) is 10.8 Å². The van der Waals surface area contributed by atoms with Crippen LogP contribution in [0.1, 0.15) is 21.8 Å². The fourth-order valence-electron chi connectivity index (χ4n) is 2.95. The average molecular weight is 338 g/mol. The Balaban J connectivity index is 1.72. The predicted octanol–water partition coefficient (Wildman–Crippen LogP) is 2.52. The highest BCUT2D eigenvalue weighted by atomic mass is 32.1. The molecule has 24 heavy (non-hydrogen) atoms. The first-order chi connectivity index (χ1) is 11.7. The molecule has 1 aliphatic rings. The van der Waals surface area contributed by atoms with Gasteiger partial charge in [0, 0.05) is 17.6 Å². The molecule has 1 aliphatic heterocycles. The van der Waals surface area contributed by atoms with Gasteiger partial charge in [-0.3, -0.25) is 0 Å². The number of thiophene rings is 1. The Morgan fingerprint density at radius 3 is 3.08 bits per heavy atom. The van der Waals surface area contributed by atoms with Crippen LogP contribution < -0.4 is 10.6 Å². The third-order valence-electron chi connectivity index (χ3n) is 4.04. The molecule has 0 saturated heterocycles. The van der Waals surface area contributed by atoms with Gasteiger partial charge in [-0.25, -0.2) is 4.98 Å². The maximum atomic E-state index is 9.26. The minimum absolute atomic E-state index is 0.463. The molecule has 4 rings (SSSR count). The van der Waals surface area contributed by atoms with Gasteiger partial charge < -0.3 is 15.2 Å². The smallest absolute Gasteiger partial charge is 0.261 e. The van der Waals surface area contributed by atoms with Crippen molar-refractivity contribution in [3.8, 4) is 17.5 Å². The van der Waals surface area contributed by atoms with Crippen molar-refractivity contribution in [2.45, 2.75) is 19.9 Å². The average Bonchev–Trinajstić information content (AvgIpc) is 3.16. The third kappa shape index (κ3) is 2.30. The number of nitrogen functional groups attached to an aromatic ring is 1. The van der Waals surface area contributed by atoms with Crippen LogP contribution in [-0.4, -0.2) is 21.7 Å². The van der Waals surface area contributed by atoms with Gasteiger partial charge in [0.15, 0.2) is 5.82 Å². The summed E-state index contributed by atoms with van der Waals surface area (Å²) >= 11 is 1.48. The summed E-state index contributed by atoms with van der Waals surface area (Å²) in [6, 6.07) is 5.99. The monoisotopic (exact) mass is 338 g/mol. The number of anilines is 2. The lowest BCUT2D eigenvalue weighted by Gasteiger charge is -2.28. The molecule has 0 spiro atoms. The van der Waals surface area contributed by atoms with Crippen LogP contribution in [0.25, 0.3) is 11.5 Å². The zero-order valence-corrected chi connectivity index (χ0v) is 13.8. The molecule has 3 aromatic rings. The van der Waals surface area contributed by atoms with Crippen LogP contribution in [0.2, 0.25) is 0 Å². The molecule has 0 radical (unpaired) electrons. The molecule has 0 atom stereocenters. The van der Waals surface area contributed by atoms with Crippen LogP contribution in [-0.2, 0) is 13.0 Å². The van der Waals surface area contributed by atoms with E-state index in [2.05, 4.69) is 26.1 Å². The summed E-state index contributed by atoms with van der Waals surface area (Å²) in [6.07, 6.45) is 2.52. The van der Waals surface area contributed by atoms with E-state index in [-0.39, 0.29) is 0 Å². The van der Waals surface area contributed by atoms with E-state index < -0.39 is 0 Å². The van der Waals surface area contributed by atoms with Crippen molar-refractivity contribution in [1.82, 2.24) is 15.1 Å². The second-order valence-electron chi connectivity index (χ2n) is 5.55. The molecule has 0 fully saturated rings. The van der Waals surface area contributed by atoms with E-state index in [0.717, 1.165) is 34.8 Å². The van der Waals surface area contributed by atoms with Gasteiger partial charge in [0.05, 0.1) is 17.7 Å². The van der Waals surface area contributed by atoms with Gasteiger partial charge >= 0.3 is 0 Å². The largest absolute Gasteiger partial charge is 0.389 e. The topological polar surface area (TPSA) is 105 Å². The number of fused-ring (bicyclic) bond motifs is 1. The maximum Gasteiger partial charge on any atom is 0.261 e. The van der Waals surface area contributed by atoms with Gasteiger partial charge in [-0.1, -0.05) is 5.16 Å². The first-order valence-electron chi connectivity index (χ1n) is 7.48. The summed E-state index contributed by atoms with van der Waals surface area (Å²) in [6.45, 7) is 3.21. The molecule has 0 aliphatic carbocycles. The van der Waals surface area contributed by atoms with Crippen LogP contribution in [0.15, 0.2) is 22.9 Å². The molecular weight excluding hydrogens is 324 g/mol. The van der Waals surface area contributed by atoms with Gasteiger partial charge in [0.25, 0.3) is 5.89 Å². The molecule has 120 valence electrons. The molecule has 0 amide bonds. The Hall–Kier alpha value is -2.92. The zero-order valence-electron chi connectivity index (χ0n) is 13.0. The molecule has 0 aromatic carbocycles. The first-order valence-corrected chi connectivity index (χ1v) is 8.29. The number of hydrogen-bond acceptors (Lipinski definition) is 8. The Bertz CT molecular complexity index is 954. The van der Waals surface area contributed by atoms with Crippen LogP contribution in [0.5, 0.6) is 0 Å². The Morgan fingerprint density at radius 1 is 1.46 bits per heavy atom. The summed E-state index contributed by atoms with van der Waals surface area (Å²) in [5.41, 5.74) is 8.48. The van der Waals surface area contributed by atoms with Crippen LogP contribution >= 0.6 is 11.3 Å². The van der Waals surface area contributed by atoms with Crippen molar-refractivity contribution in [3.05, 3.63) is 40.2 Å². The fraction of sp³-hybridized carbons (Fsp3) is 0.250. The summed E-state index contributed by atoms with van der Waals surface area (Å²) in [4.78, 5) is 12.1. The fourth-order valence-corrected chi connectivity index (χ4v) is 4.03. The van der Waals surface area contributed by atoms with Crippen molar-refractivity contribution in [2.75, 3.05) is 17.2 Å². The normalized spacial score (nSPS) is 13.6. The predicted molar refractivity (Wildman–Crippen MR) is 90.5 cm³/mol. The zero-order chi connectivity index (χ0) is 16.7.